The first kappa shape index (κ1) is 13.4. The second kappa shape index (κ2) is 5.71. The number of nitrogens with one attached hydrogen (secondary N) is 1. The fourth-order valence-electron chi connectivity index (χ4n) is 1.71. The summed E-state index contributed by atoms with van der Waals surface area (Å²) in [4.78, 5) is 0. The van der Waals surface area contributed by atoms with Gasteiger partial charge in [0.15, 0.2) is 0 Å². The molecule has 2 aromatic carbocycles. The zero-order valence-electron chi connectivity index (χ0n) is 10.7. The minimum Gasteiger partial charge on any atom is -0.495 e. The van der Waals surface area contributed by atoms with Crippen LogP contribution in [0.1, 0.15) is 0 Å². The van der Waals surface area contributed by atoms with Crippen molar-refractivity contribution < 1.29 is 9.47 Å². The van der Waals surface area contributed by atoms with Gasteiger partial charge in [0.25, 0.3) is 0 Å². The smallest absolute Gasteiger partial charge is 0.146 e. The molecule has 0 amide bonds. The Labute approximate surface area is 117 Å². The van der Waals surface area contributed by atoms with Crippen molar-refractivity contribution in [2.45, 2.75) is 0 Å². The summed E-state index contributed by atoms with van der Waals surface area (Å²) in [5.74, 6) is 1.19. The van der Waals surface area contributed by atoms with Crippen molar-refractivity contribution in [1.82, 2.24) is 0 Å². The van der Waals surface area contributed by atoms with E-state index >= 15 is 0 Å². The Morgan fingerprint density at radius 1 is 1.00 bits per heavy atom. The Kier molecular flexibility index (Phi) is 4.02. The molecule has 0 spiro atoms. The summed E-state index contributed by atoms with van der Waals surface area (Å²) < 4.78 is 10.5. The first-order valence-electron chi connectivity index (χ1n) is 5.68. The molecule has 100 valence electrons. The largest absolute Gasteiger partial charge is 0.495 e. The van der Waals surface area contributed by atoms with Crippen LogP contribution < -0.4 is 20.5 Å². The normalized spacial score (nSPS) is 10.1. The molecular weight excluding hydrogens is 264 g/mol. The highest BCUT2D eigenvalue weighted by molar-refractivity contribution is 6.32. The summed E-state index contributed by atoms with van der Waals surface area (Å²) in [7, 11) is 3.14. The Bertz CT molecular complexity index is 588. The van der Waals surface area contributed by atoms with Crippen LogP contribution in [0.25, 0.3) is 0 Å². The number of halogens is 1. The SMILES string of the molecule is COc1cc(OC)c(Nc2ccccc2N)cc1Cl. The lowest BCUT2D eigenvalue weighted by molar-refractivity contribution is 0.396. The highest BCUT2D eigenvalue weighted by Gasteiger charge is 2.10. The van der Waals surface area contributed by atoms with Gasteiger partial charge in [-0.15, -0.1) is 0 Å². The van der Waals surface area contributed by atoms with Gasteiger partial charge in [-0.3, -0.25) is 0 Å². The van der Waals surface area contributed by atoms with Gasteiger partial charge in [-0.2, -0.15) is 0 Å². The summed E-state index contributed by atoms with van der Waals surface area (Å²) in [6, 6.07) is 10.9. The first-order valence-corrected chi connectivity index (χ1v) is 6.06. The predicted octanol–water partition coefficient (Wildman–Crippen LogP) is 3.68. The second-order valence-corrected chi connectivity index (χ2v) is 4.31. The number of nitrogens with two attached hydrogens (primary N) is 1. The third-order valence-electron chi connectivity index (χ3n) is 2.70. The van der Waals surface area contributed by atoms with Crippen molar-refractivity contribution in [2.75, 3.05) is 25.3 Å². The first-order chi connectivity index (χ1) is 9.15. The number of hydrogen-bond donors (Lipinski definition) is 2. The molecule has 5 heteroatoms. The Hall–Kier alpha value is -2.07. The second-order valence-electron chi connectivity index (χ2n) is 3.90. The van der Waals surface area contributed by atoms with E-state index in [2.05, 4.69) is 5.32 Å². The number of ether oxygens (including phenoxy) is 2. The van der Waals surface area contributed by atoms with Crippen LogP contribution in [0.5, 0.6) is 11.5 Å². The van der Waals surface area contributed by atoms with E-state index in [0.717, 1.165) is 11.4 Å². The third-order valence-corrected chi connectivity index (χ3v) is 3.00. The standard InChI is InChI=1S/C14H15ClN2O2/c1-18-13-8-14(19-2)12(7-9(13)15)17-11-6-4-3-5-10(11)16/h3-8,17H,16H2,1-2H3. The molecule has 2 rings (SSSR count). The van der Waals surface area contributed by atoms with Gasteiger partial charge >= 0.3 is 0 Å². The van der Waals surface area contributed by atoms with Gasteiger partial charge in [-0.05, 0) is 18.2 Å². The van der Waals surface area contributed by atoms with Crippen LogP contribution in [0.3, 0.4) is 0 Å². The van der Waals surface area contributed by atoms with E-state index in [9.17, 15) is 0 Å². The van der Waals surface area contributed by atoms with Gasteiger partial charge in [-0.25, -0.2) is 0 Å². The van der Waals surface area contributed by atoms with Gasteiger partial charge in [0.05, 0.1) is 36.3 Å². The van der Waals surface area contributed by atoms with E-state index in [4.69, 9.17) is 26.8 Å². The zero-order chi connectivity index (χ0) is 13.8. The van der Waals surface area contributed by atoms with Gasteiger partial charge in [-0.1, -0.05) is 23.7 Å². The molecule has 2 aromatic rings. The molecule has 0 heterocycles. The molecule has 0 aliphatic carbocycles. The number of hydrogen-bond acceptors (Lipinski definition) is 4. The topological polar surface area (TPSA) is 56.5 Å². The zero-order valence-corrected chi connectivity index (χ0v) is 11.5. The molecule has 0 saturated carbocycles. The van der Waals surface area contributed by atoms with E-state index < -0.39 is 0 Å². The van der Waals surface area contributed by atoms with E-state index in [1.165, 1.54) is 0 Å². The average molecular weight is 279 g/mol. The van der Waals surface area contributed by atoms with Crippen molar-refractivity contribution in [3.63, 3.8) is 0 Å². The monoisotopic (exact) mass is 278 g/mol. The van der Waals surface area contributed by atoms with Crippen molar-refractivity contribution in [3.8, 4) is 11.5 Å². The molecule has 3 N–H and O–H groups in total. The fourth-order valence-corrected chi connectivity index (χ4v) is 1.95. The number of benzene rings is 2. The Morgan fingerprint density at radius 2 is 1.68 bits per heavy atom. The van der Waals surface area contributed by atoms with Crippen LogP contribution in [0, 0.1) is 0 Å². The van der Waals surface area contributed by atoms with Crippen LogP contribution in [-0.2, 0) is 0 Å². The maximum Gasteiger partial charge on any atom is 0.146 e. The highest BCUT2D eigenvalue weighted by atomic mass is 35.5. The minimum absolute atomic E-state index is 0.500. The van der Waals surface area contributed by atoms with Crippen molar-refractivity contribution in [3.05, 3.63) is 41.4 Å². The van der Waals surface area contributed by atoms with Crippen molar-refractivity contribution >= 4 is 28.7 Å². The molecule has 4 nitrogen and oxygen atoms in total. The van der Waals surface area contributed by atoms with E-state index in [1.807, 2.05) is 24.3 Å². The molecule has 0 aliphatic rings. The van der Waals surface area contributed by atoms with E-state index in [1.54, 1.807) is 26.4 Å². The number of nitrogen functional groups attached to an aromatic ring is 1. The highest BCUT2D eigenvalue weighted by Crippen LogP contribution is 2.38. The average Bonchev–Trinajstić information content (AvgIpc) is 2.42. The summed E-state index contributed by atoms with van der Waals surface area (Å²) in [5.41, 5.74) is 8.06. The van der Waals surface area contributed by atoms with Crippen LogP contribution >= 0.6 is 11.6 Å². The third kappa shape index (κ3) is 2.85. The lowest BCUT2D eigenvalue weighted by atomic mass is 10.2. The molecular formula is C14H15ClN2O2. The molecule has 0 radical (unpaired) electrons. The number of para-hydroxylation sites is 2. The van der Waals surface area contributed by atoms with Gasteiger partial charge in [0.1, 0.15) is 11.5 Å². The molecule has 0 aliphatic heterocycles. The number of anilines is 3. The molecule has 0 aromatic heterocycles. The summed E-state index contributed by atoms with van der Waals surface area (Å²) in [6.45, 7) is 0. The molecule has 0 unspecified atom stereocenters. The van der Waals surface area contributed by atoms with Crippen LogP contribution in [-0.4, -0.2) is 14.2 Å². The molecule has 0 atom stereocenters. The quantitative estimate of drug-likeness (QED) is 0.838. The number of methoxy groups -OCH3 is 2. The van der Waals surface area contributed by atoms with Crippen molar-refractivity contribution in [1.29, 1.82) is 0 Å². The molecule has 0 fully saturated rings. The molecule has 19 heavy (non-hydrogen) atoms. The lowest BCUT2D eigenvalue weighted by Gasteiger charge is -2.15. The lowest BCUT2D eigenvalue weighted by Crippen LogP contribution is -1.99. The Morgan fingerprint density at radius 3 is 2.32 bits per heavy atom. The van der Waals surface area contributed by atoms with Crippen LogP contribution in [0.15, 0.2) is 36.4 Å². The minimum atomic E-state index is 0.500. The molecule has 0 bridgehead atoms. The maximum absolute atomic E-state index is 6.11. The fraction of sp³-hybridized carbons (Fsp3) is 0.143. The van der Waals surface area contributed by atoms with Crippen LogP contribution in [0.2, 0.25) is 5.02 Å². The Balaban J connectivity index is 2.40. The summed E-state index contributed by atoms with van der Waals surface area (Å²) in [6.07, 6.45) is 0. The summed E-state index contributed by atoms with van der Waals surface area (Å²) in [5, 5.41) is 3.69. The van der Waals surface area contributed by atoms with Gasteiger partial charge in [0, 0.05) is 6.07 Å². The van der Waals surface area contributed by atoms with E-state index in [0.29, 0.717) is 22.2 Å². The van der Waals surface area contributed by atoms with Crippen LogP contribution in [0.4, 0.5) is 17.1 Å². The number of rotatable bonds is 4. The molecule has 0 saturated heterocycles. The predicted molar refractivity (Wildman–Crippen MR) is 78.7 cm³/mol. The van der Waals surface area contributed by atoms with Crippen molar-refractivity contribution in [2.24, 2.45) is 0 Å². The van der Waals surface area contributed by atoms with Gasteiger partial charge < -0.3 is 20.5 Å². The maximum atomic E-state index is 6.11. The van der Waals surface area contributed by atoms with Gasteiger partial charge in [0.2, 0.25) is 0 Å². The van der Waals surface area contributed by atoms with E-state index in [-0.39, 0.29) is 0 Å². The summed E-state index contributed by atoms with van der Waals surface area (Å²) >= 11 is 6.11.